The zero-order valence-electron chi connectivity index (χ0n) is 7.76. The van der Waals surface area contributed by atoms with Crippen LogP contribution in [0.15, 0.2) is 0 Å². The minimum atomic E-state index is -2.79. The summed E-state index contributed by atoms with van der Waals surface area (Å²) >= 11 is 0. The highest BCUT2D eigenvalue weighted by Gasteiger charge is 1.99. The van der Waals surface area contributed by atoms with Gasteiger partial charge in [-0.15, -0.1) is 0 Å². The average Bonchev–Trinajstić information content (AvgIpc) is 1.94. The average molecular weight is 194 g/mol. The minimum absolute atomic E-state index is 0.229. The van der Waals surface area contributed by atoms with Gasteiger partial charge in [0.05, 0.1) is 5.75 Å². The van der Waals surface area contributed by atoms with Crippen molar-refractivity contribution in [1.29, 1.82) is 0 Å². The quantitative estimate of drug-likeness (QED) is 0.523. The molecule has 0 aromatic rings. The maximum Gasteiger partial charge on any atom is 0.148 e. The van der Waals surface area contributed by atoms with Crippen LogP contribution in [0.25, 0.3) is 0 Å². The molecule has 0 rings (SSSR count). The SMILES string of the molecule is CNCCCNCCS(C)(=O)=O. The Bertz CT molecular complexity index is 190. The van der Waals surface area contributed by atoms with Gasteiger partial charge in [0.15, 0.2) is 0 Å². The van der Waals surface area contributed by atoms with E-state index in [1.54, 1.807) is 0 Å². The van der Waals surface area contributed by atoms with Crippen LogP contribution in [0.5, 0.6) is 0 Å². The van der Waals surface area contributed by atoms with Gasteiger partial charge in [0.1, 0.15) is 9.84 Å². The highest BCUT2D eigenvalue weighted by molar-refractivity contribution is 7.90. The second-order valence-electron chi connectivity index (χ2n) is 2.84. The van der Waals surface area contributed by atoms with Crippen LogP contribution in [-0.2, 0) is 9.84 Å². The molecular weight excluding hydrogens is 176 g/mol. The zero-order chi connectivity index (χ0) is 9.45. The molecule has 0 aromatic heterocycles. The van der Waals surface area contributed by atoms with Crippen LogP contribution in [0.1, 0.15) is 6.42 Å². The van der Waals surface area contributed by atoms with Crippen molar-refractivity contribution in [2.45, 2.75) is 6.42 Å². The Labute approximate surface area is 74.7 Å². The Kier molecular flexibility index (Phi) is 6.32. The van der Waals surface area contributed by atoms with Gasteiger partial charge < -0.3 is 10.6 Å². The van der Waals surface area contributed by atoms with Crippen LogP contribution >= 0.6 is 0 Å². The molecule has 0 saturated heterocycles. The predicted molar refractivity (Wildman–Crippen MR) is 51.1 cm³/mol. The molecule has 0 spiro atoms. The topological polar surface area (TPSA) is 58.2 Å². The lowest BCUT2D eigenvalue weighted by Crippen LogP contribution is -2.25. The molecule has 0 amide bonds. The van der Waals surface area contributed by atoms with E-state index < -0.39 is 9.84 Å². The molecule has 0 aliphatic rings. The summed E-state index contributed by atoms with van der Waals surface area (Å²) in [5.74, 6) is 0.229. The molecule has 0 heterocycles. The molecule has 0 radical (unpaired) electrons. The Balaban J connectivity index is 3.12. The molecule has 0 aliphatic carbocycles. The molecule has 0 aromatic carbocycles. The third kappa shape index (κ3) is 9.87. The van der Waals surface area contributed by atoms with Gasteiger partial charge in [-0.3, -0.25) is 0 Å². The fourth-order valence-electron chi connectivity index (χ4n) is 0.773. The number of hydrogen-bond acceptors (Lipinski definition) is 4. The van der Waals surface area contributed by atoms with Gasteiger partial charge in [0.25, 0.3) is 0 Å². The molecular formula is C7H18N2O2S. The standard InChI is InChI=1S/C7H18N2O2S/c1-8-4-3-5-9-6-7-12(2,10)11/h8-9H,3-7H2,1-2H3. The molecule has 4 nitrogen and oxygen atoms in total. The third-order valence-corrected chi connectivity index (χ3v) is 2.38. The van der Waals surface area contributed by atoms with E-state index in [0.717, 1.165) is 19.5 Å². The summed E-state index contributed by atoms with van der Waals surface area (Å²) in [4.78, 5) is 0. The van der Waals surface area contributed by atoms with Crippen molar-refractivity contribution >= 4 is 9.84 Å². The maximum atomic E-state index is 10.7. The van der Waals surface area contributed by atoms with Gasteiger partial charge >= 0.3 is 0 Å². The second-order valence-corrected chi connectivity index (χ2v) is 5.10. The summed E-state index contributed by atoms with van der Waals surface area (Å²) in [6.07, 6.45) is 2.28. The first kappa shape index (κ1) is 11.9. The van der Waals surface area contributed by atoms with E-state index in [9.17, 15) is 8.42 Å². The Morgan fingerprint density at radius 1 is 1.17 bits per heavy atom. The number of sulfone groups is 1. The van der Waals surface area contributed by atoms with Gasteiger partial charge in [-0.05, 0) is 26.6 Å². The number of nitrogens with one attached hydrogen (secondary N) is 2. The van der Waals surface area contributed by atoms with Gasteiger partial charge in [-0.2, -0.15) is 0 Å². The van der Waals surface area contributed by atoms with E-state index in [1.807, 2.05) is 7.05 Å². The van der Waals surface area contributed by atoms with E-state index in [0.29, 0.717) is 6.54 Å². The van der Waals surface area contributed by atoms with Crippen molar-refractivity contribution in [1.82, 2.24) is 10.6 Å². The highest BCUT2D eigenvalue weighted by Crippen LogP contribution is 1.79. The van der Waals surface area contributed by atoms with Crippen LogP contribution in [-0.4, -0.2) is 47.1 Å². The summed E-state index contributed by atoms with van der Waals surface area (Å²) < 4.78 is 21.3. The summed E-state index contributed by atoms with van der Waals surface area (Å²) in [6.45, 7) is 2.39. The normalized spacial score (nSPS) is 11.8. The zero-order valence-corrected chi connectivity index (χ0v) is 8.58. The molecule has 74 valence electrons. The molecule has 0 saturated carbocycles. The first-order chi connectivity index (χ1) is 5.56. The molecule has 0 bridgehead atoms. The lowest BCUT2D eigenvalue weighted by molar-refractivity contribution is 0.592. The fraction of sp³-hybridized carbons (Fsp3) is 1.00. The largest absolute Gasteiger partial charge is 0.320 e. The number of rotatable bonds is 7. The lowest BCUT2D eigenvalue weighted by Gasteiger charge is -2.02. The van der Waals surface area contributed by atoms with Crippen molar-refractivity contribution in [3.05, 3.63) is 0 Å². The monoisotopic (exact) mass is 194 g/mol. The van der Waals surface area contributed by atoms with Crippen molar-refractivity contribution in [2.75, 3.05) is 38.7 Å². The van der Waals surface area contributed by atoms with Crippen LogP contribution in [0, 0.1) is 0 Å². The minimum Gasteiger partial charge on any atom is -0.320 e. The summed E-state index contributed by atoms with van der Waals surface area (Å²) in [7, 11) is -0.896. The van der Waals surface area contributed by atoms with Gasteiger partial charge in [-0.25, -0.2) is 8.42 Å². The van der Waals surface area contributed by atoms with E-state index in [2.05, 4.69) is 10.6 Å². The predicted octanol–water partition coefficient (Wildman–Crippen LogP) is -0.770. The van der Waals surface area contributed by atoms with Crippen molar-refractivity contribution in [3.63, 3.8) is 0 Å². The lowest BCUT2D eigenvalue weighted by atomic mass is 10.4. The van der Waals surface area contributed by atoms with E-state index >= 15 is 0 Å². The molecule has 0 unspecified atom stereocenters. The molecule has 2 N–H and O–H groups in total. The molecule has 0 fully saturated rings. The van der Waals surface area contributed by atoms with Gasteiger partial charge in [0, 0.05) is 12.8 Å². The van der Waals surface area contributed by atoms with Crippen LogP contribution in [0.3, 0.4) is 0 Å². The second kappa shape index (κ2) is 6.39. The third-order valence-electron chi connectivity index (χ3n) is 1.43. The first-order valence-electron chi connectivity index (χ1n) is 4.09. The highest BCUT2D eigenvalue weighted by atomic mass is 32.2. The van der Waals surface area contributed by atoms with Crippen molar-refractivity contribution < 1.29 is 8.42 Å². The Morgan fingerprint density at radius 2 is 1.83 bits per heavy atom. The van der Waals surface area contributed by atoms with Crippen molar-refractivity contribution in [2.24, 2.45) is 0 Å². The summed E-state index contributed by atoms with van der Waals surface area (Å²) in [6, 6.07) is 0. The molecule has 12 heavy (non-hydrogen) atoms. The van der Waals surface area contributed by atoms with E-state index in [1.165, 1.54) is 6.26 Å². The summed E-state index contributed by atoms with van der Waals surface area (Å²) in [5.41, 5.74) is 0. The molecule has 5 heteroatoms. The summed E-state index contributed by atoms with van der Waals surface area (Å²) in [5, 5.41) is 6.07. The van der Waals surface area contributed by atoms with Gasteiger partial charge in [-0.1, -0.05) is 0 Å². The van der Waals surface area contributed by atoms with Crippen LogP contribution < -0.4 is 10.6 Å². The molecule has 0 aliphatic heterocycles. The van der Waals surface area contributed by atoms with Gasteiger partial charge in [0.2, 0.25) is 0 Å². The van der Waals surface area contributed by atoms with Crippen LogP contribution in [0.2, 0.25) is 0 Å². The van der Waals surface area contributed by atoms with E-state index in [-0.39, 0.29) is 5.75 Å². The Hall–Kier alpha value is -0.130. The maximum absolute atomic E-state index is 10.7. The number of hydrogen-bond donors (Lipinski definition) is 2. The van der Waals surface area contributed by atoms with E-state index in [4.69, 9.17) is 0 Å². The smallest absolute Gasteiger partial charge is 0.148 e. The Morgan fingerprint density at radius 3 is 2.33 bits per heavy atom. The van der Waals surface area contributed by atoms with Crippen LogP contribution in [0.4, 0.5) is 0 Å². The van der Waals surface area contributed by atoms with Crippen molar-refractivity contribution in [3.8, 4) is 0 Å². The fourth-order valence-corrected chi connectivity index (χ4v) is 1.29. The molecule has 0 atom stereocenters. The first-order valence-corrected chi connectivity index (χ1v) is 6.15.